The van der Waals surface area contributed by atoms with Crippen LogP contribution in [0.25, 0.3) is 10.9 Å². The van der Waals surface area contributed by atoms with E-state index in [0.717, 1.165) is 49.2 Å². The molecule has 1 saturated heterocycles. The fraction of sp³-hybridized carbons (Fsp3) is 0.333. The molecule has 1 aromatic heterocycles. The summed E-state index contributed by atoms with van der Waals surface area (Å²) in [6, 6.07) is 18.4. The van der Waals surface area contributed by atoms with Crippen LogP contribution in [0.4, 0.5) is 0 Å². The topological polar surface area (TPSA) is 56.4 Å². The van der Waals surface area contributed by atoms with E-state index in [1.807, 2.05) is 42.2 Å². The van der Waals surface area contributed by atoms with Crippen LogP contribution in [0.15, 0.2) is 59.4 Å². The lowest BCUT2D eigenvalue weighted by Gasteiger charge is -2.34. The lowest BCUT2D eigenvalue weighted by molar-refractivity contribution is -0.133. The van der Waals surface area contributed by atoms with Crippen molar-refractivity contribution in [1.29, 1.82) is 0 Å². The lowest BCUT2D eigenvalue weighted by atomic mass is 10.1. The van der Waals surface area contributed by atoms with Crippen LogP contribution in [0.2, 0.25) is 0 Å². The second-order valence-electron chi connectivity index (χ2n) is 7.86. The molecule has 0 spiro atoms. The molecule has 0 saturated carbocycles. The SMILES string of the molecule is Cc1ccc2cc(CCC(=O)N3CCN(Cc4ccccc4)CC3)c(=O)[nH]c2c1. The number of fused-ring (bicyclic) bond motifs is 1. The maximum atomic E-state index is 12.7. The largest absolute Gasteiger partial charge is 0.340 e. The van der Waals surface area contributed by atoms with Crippen molar-refractivity contribution < 1.29 is 4.79 Å². The van der Waals surface area contributed by atoms with E-state index in [4.69, 9.17) is 0 Å². The summed E-state index contributed by atoms with van der Waals surface area (Å²) in [5, 5.41) is 1.01. The number of H-pyrrole nitrogens is 1. The van der Waals surface area contributed by atoms with E-state index in [1.54, 1.807) is 0 Å². The van der Waals surface area contributed by atoms with Crippen molar-refractivity contribution in [3.8, 4) is 0 Å². The highest BCUT2D eigenvalue weighted by Crippen LogP contribution is 2.15. The molecule has 0 radical (unpaired) electrons. The summed E-state index contributed by atoms with van der Waals surface area (Å²) in [7, 11) is 0. The molecule has 0 atom stereocenters. The van der Waals surface area contributed by atoms with Crippen molar-refractivity contribution in [2.75, 3.05) is 26.2 Å². The van der Waals surface area contributed by atoms with Gasteiger partial charge in [-0.1, -0.05) is 42.5 Å². The zero-order chi connectivity index (χ0) is 20.2. The van der Waals surface area contributed by atoms with Crippen LogP contribution < -0.4 is 5.56 Å². The normalized spacial score (nSPS) is 15.0. The molecule has 1 aliphatic heterocycles. The Morgan fingerprint density at radius 1 is 1.00 bits per heavy atom. The molecule has 5 heteroatoms. The third kappa shape index (κ3) is 4.74. The smallest absolute Gasteiger partial charge is 0.251 e. The number of piperazine rings is 1. The minimum Gasteiger partial charge on any atom is -0.340 e. The summed E-state index contributed by atoms with van der Waals surface area (Å²) in [6.07, 6.45) is 0.849. The molecule has 5 nitrogen and oxygen atoms in total. The molecule has 29 heavy (non-hydrogen) atoms. The van der Waals surface area contributed by atoms with Gasteiger partial charge in [-0.05, 0) is 42.0 Å². The molecule has 2 aromatic carbocycles. The maximum Gasteiger partial charge on any atom is 0.251 e. The van der Waals surface area contributed by atoms with Crippen molar-refractivity contribution in [3.05, 3.63) is 81.6 Å². The number of carbonyl (C=O) groups excluding carboxylic acids is 1. The van der Waals surface area contributed by atoms with E-state index < -0.39 is 0 Å². The van der Waals surface area contributed by atoms with Crippen LogP contribution in [-0.4, -0.2) is 46.9 Å². The molecule has 3 aromatic rings. The number of aryl methyl sites for hydroxylation is 2. The van der Waals surface area contributed by atoms with Gasteiger partial charge in [0.05, 0.1) is 0 Å². The van der Waals surface area contributed by atoms with Gasteiger partial charge in [0.2, 0.25) is 5.91 Å². The van der Waals surface area contributed by atoms with Gasteiger partial charge >= 0.3 is 0 Å². The van der Waals surface area contributed by atoms with Crippen LogP contribution >= 0.6 is 0 Å². The quantitative estimate of drug-likeness (QED) is 0.730. The number of pyridine rings is 1. The Morgan fingerprint density at radius 3 is 2.52 bits per heavy atom. The van der Waals surface area contributed by atoms with Gasteiger partial charge in [-0.3, -0.25) is 14.5 Å². The van der Waals surface area contributed by atoms with Crippen molar-refractivity contribution in [1.82, 2.24) is 14.8 Å². The summed E-state index contributed by atoms with van der Waals surface area (Å²) in [4.78, 5) is 32.3. The van der Waals surface area contributed by atoms with Gasteiger partial charge in [-0.15, -0.1) is 0 Å². The number of benzene rings is 2. The third-order valence-corrected chi connectivity index (χ3v) is 5.66. The average Bonchev–Trinajstić information content (AvgIpc) is 2.73. The standard InChI is InChI=1S/C24H27N3O2/c1-18-7-8-20-16-21(24(29)25-22(20)15-18)9-10-23(28)27-13-11-26(12-14-27)17-19-5-3-2-4-6-19/h2-8,15-16H,9-14,17H2,1H3,(H,25,29). The number of aromatic amines is 1. The minimum atomic E-state index is -0.0939. The Morgan fingerprint density at radius 2 is 1.76 bits per heavy atom. The first-order valence-electron chi connectivity index (χ1n) is 10.2. The van der Waals surface area contributed by atoms with Crippen LogP contribution in [-0.2, 0) is 17.8 Å². The fourth-order valence-electron chi connectivity index (χ4n) is 3.94. The molecule has 1 N–H and O–H groups in total. The van der Waals surface area contributed by atoms with E-state index in [2.05, 4.69) is 34.1 Å². The zero-order valence-corrected chi connectivity index (χ0v) is 16.9. The minimum absolute atomic E-state index is 0.0939. The number of rotatable bonds is 5. The van der Waals surface area contributed by atoms with Gasteiger partial charge in [-0.2, -0.15) is 0 Å². The average molecular weight is 389 g/mol. The fourth-order valence-corrected chi connectivity index (χ4v) is 3.94. The summed E-state index contributed by atoms with van der Waals surface area (Å²) >= 11 is 0. The van der Waals surface area contributed by atoms with Crippen LogP contribution in [0.5, 0.6) is 0 Å². The molecule has 1 amide bonds. The molecule has 150 valence electrons. The number of hydrogen-bond acceptors (Lipinski definition) is 3. The van der Waals surface area contributed by atoms with Crippen LogP contribution in [0.1, 0.15) is 23.1 Å². The van der Waals surface area contributed by atoms with E-state index in [0.29, 0.717) is 18.4 Å². The van der Waals surface area contributed by atoms with Crippen LogP contribution in [0.3, 0.4) is 0 Å². The van der Waals surface area contributed by atoms with Gasteiger partial charge in [0.15, 0.2) is 0 Å². The number of amides is 1. The molecule has 0 unspecified atom stereocenters. The Bertz CT molecular complexity index is 1050. The molecular weight excluding hydrogens is 362 g/mol. The van der Waals surface area contributed by atoms with Crippen molar-refractivity contribution in [2.24, 2.45) is 0 Å². The molecule has 0 bridgehead atoms. The predicted octanol–water partition coefficient (Wildman–Crippen LogP) is 3.11. The lowest BCUT2D eigenvalue weighted by Crippen LogP contribution is -2.48. The van der Waals surface area contributed by atoms with Gasteiger partial charge in [0, 0.05) is 50.2 Å². The number of nitrogens with zero attached hydrogens (tertiary/aromatic N) is 2. The molecule has 4 rings (SSSR count). The van der Waals surface area contributed by atoms with Crippen molar-refractivity contribution >= 4 is 16.8 Å². The molecule has 0 aliphatic carbocycles. The van der Waals surface area contributed by atoms with Crippen molar-refractivity contribution in [3.63, 3.8) is 0 Å². The van der Waals surface area contributed by atoms with E-state index >= 15 is 0 Å². The van der Waals surface area contributed by atoms with Crippen LogP contribution in [0, 0.1) is 6.92 Å². The van der Waals surface area contributed by atoms with E-state index in [1.165, 1.54) is 5.56 Å². The highest BCUT2D eigenvalue weighted by Gasteiger charge is 2.21. The second-order valence-corrected chi connectivity index (χ2v) is 7.86. The molecule has 1 aliphatic rings. The monoisotopic (exact) mass is 389 g/mol. The molecule has 2 heterocycles. The number of carbonyl (C=O) groups is 1. The summed E-state index contributed by atoms with van der Waals surface area (Å²) in [5.74, 6) is 0.132. The van der Waals surface area contributed by atoms with Crippen molar-refractivity contribution in [2.45, 2.75) is 26.3 Å². The molecular formula is C24H27N3O2. The number of aromatic nitrogens is 1. The highest BCUT2D eigenvalue weighted by atomic mass is 16.2. The Kier molecular flexibility index (Phi) is 5.76. The predicted molar refractivity (Wildman–Crippen MR) is 116 cm³/mol. The van der Waals surface area contributed by atoms with E-state index in [9.17, 15) is 9.59 Å². The first-order valence-corrected chi connectivity index (χ1v) is 10.2. The zero-order valence-electron chi connectivity index (χ0n) is 16.9. The summed E-state index contributed by atoms with van der Waals surface area (Å²) < 4.78 is 0. The van der Waals surface area contributed by atoms with E-state index in [-0.39, 0.29) is 11.5 Å². The summed E-state index contributed by atoms with van der Waals surface area (Å²) in [5.41, 5.74) is 3.85. The first kappa shape index (κ1) is 19.4. The third-order valence-electron chi connectivity index (χ3n) is 5.66. The number of nitrogens with one attached hydrogen (secondary N) is 1. The first-order chi connectivity index (χ1) is 14.1. The Hall–Kier alpha value is -2.92. The van der Waals surface area contributed by atoms with Gasteiger partial charge in [0.25, 0.3) is 5.56 Å². The Balaban J connectivity index is 1.31. The van der Waals surface area contributed by atoms with Gasteiger partial charge in [0.1, 0.15) is 0 Å². The molecule has 1 fully saturated rings. The number of hydrogen-bond donors (Lipinski definition) is 1. The Labute approximate surface area is 171 Å². The highest BCUT2D eigenvalue weighted by molar-refractivity contribution is 5.80. The summed E-state index contributed by atoms with van der Waals surface area (Å²) in [6.45, 7) is 6.20. The maximum absolute atomic E-state index is 12.7. The second kappa shape index (κ2) is 8.62. The van der Waals surface area contributed by atoms with Gasteiger partial charge in [-0.25, -0.2) is 0 Å². The van der Waals surface area contributed by atoms with Gasteiger partial charge < -0.3 is 9.88 Å².